The fourth-order valence-electron chi connectivity index (χ4n) is 1.76. The van der Waals surface area contributed by atoms with Crippen LogP contribution in [0.15, 0.2) is 18.2 Å². The average molecular weight is 289 g/mol. The first-order valence-corrected chi connectivity index (χ1v) is 6.77. The van der Waals surface area contributed by atoms with Gasteiger partial charge in [-0.25, -0.2) is 0 Å². The molecular weight excluding hydrogens is 267 g/mol. The summed E-state index contributed by atoms with van der Waals surface area (Å²) in [4.78, 5) is 0. The normalized spacial score (nSPS) is 11.9. The van der Waals surface area contributed by atoms with E-state index < -0.39 is 12.6 Å². The van der Waals surface area contributed by atoms with Crippen molar-refractivity contribution in [3.63, 3.8) is 0 Å². The van der Waals surface area contributed by atoms with Crippen molar-refractivity contribution in [3.05, 3.63) is 29.3 Å². The Kier molecular flexibility index (Phi) is 6.33. The maximum atomic E-state index is 12.1. The molecule has 0 spiro atoms. The van der Waals surface area contributed by atoms with E-state index in [4.69, 9.17) is 4.74 Å². The summed E-state index contributed by atoms with van der Waals surface area (Å²) in [6, 6.07) is 5.52. The third-order valence-corrected chi connectivity index (χ3v) is 2.73. The van der Waals surface area contributed by atoms with E-state index in [9.17, 15) is 13.2 Å². The maximum Gasteiger partial charge on any atom is 0.392 e. The molecule has 0 aliphatic rings. The van der Waals surface area contributed by atoms with Gasteiger partial charge in [0.15, 0.2) is 0 Å². The third-order valence-electron chi connectivity index (χ3n) is 2.73. The zero-order valence-corrected chi connectivity index (χ0v) is 12.2. The van der Waals surface area contributed by atoms with Gasteiger partial charge >= 0.3 is 6.18 Å². The summed E-state index contributed by atoms with van der Waals surface area (Å²) in [5.74, 6) is 1.05. The minimum Gasteiger partial charge on any atom is -0.493 e. The highest BCUT2D eigenvalue weighted by Gasteiger charge is 2.26. The van der Waals surface area contributed by atoms with Crippen LogP contribution in [0.3, 0.4) is 0 Å². The fourth-order valence-corrected chi connectivity index (χ4v) is 1.76. The molecule has 0 aliphatic carbocycles. The van der Waals surface area contributed by atoms with Crippen molar-refractivity contribution >= 4 is 0 Å². The maximum absolute atomic E-state index is 12.1. The Bertz CT molecular complexity index is 416. The predicted molar refractivity (Wildman–Crippen MR) is 73.9 cm³/mol. The smallest absolute Gasteiger partial charge is 0.392 e. The SMILES string of the molecule is Cc1ccc(OCCC(F)(F)F)c(CNCC(C)C)c1. The summed E-state index contributed by atoms with van der Waals surface area (Å²) in [6.07, 6.45) is -5.11. The van der Waals surface area contributed by atoms with Crippen molar-refractivity contribution in [2.24, 2.45) is 5.92 Å². The van der Waals surface area contributed by atoms with Crippen molar-refractivity contribution in [3.8, 4) is 5.75 Å². The summed E-state index contributed by atoms with van der Waals surface area (Å²) in [7, 11) is 0. The molecule has 0 unspecified atom stereocenters. The quantitative estimate of drug-likeness (QED) is 0.817. The van der Waals surface area contributed by atoms with E-state index in [1.54, 1.807) is 6.07 Å². The van der Waals surface area contributed by atoms with Gasteiger partial charge in [-0.15, -0.1) is 0 Å². The summed E-state index contributed by atoms with van der Waals surface area (Å²) in [5, 5.41) is 3.27. The van der Waals surface area contributed by atoms with Crippen molar-refractivity contribution in [2.45, 2.75) is 39.9 Å². The van der Waals surface area contributed by atoms with Gasteiger partial charge in [0.2, 0.25) is 0 Å². The summed E-state index contributed by atoms with van der Waals surface area (Å²) >= 11 is 0. The van der Waals surface area contributed by atoms with Crippen LogP contribution in [0.2, 0.25) is 0 Å². The molecule has 20 heavy (non-hydrogen) atoms. The molecule has 0 bridgehead atoms. The van der Waals surface area contributed by atoms with Crippen LogP contribution in [-0.4, -0.2) is 19.3 Å². The molecule has 0 aromatic heterocycles. The zero-order valence-electron chi connectivity index (χ0n) is 12.2. The lowest BCUT2D eigenvalue weighted by Crippen LogP contribution is -2.20. The lowest BCUT2D eigenvalue weighted by Gasteiger charge is -2.14. The molecule has 5 heteroatoms. The van der Waals surface area contributed by atoms with Crippen LogP contribution < -0.4 is 10.1 Å². The summed E-state index contributed by atoms with van der Waals surface area (Å²) < 4.78 is 41.6. The second kappa shape index (κ2) is 7.53. The monoisotopic (exact) mass is 289 g/mol. The fraction of sp³-hybridized carbons (Fsp3) is 0.600. The third kappa shape index (κ3) is 6.80. The number of aryl methyl sites for hydroxylation is 1. The van der Waals surface area contributed by atoms with E-state index >= 15 is 0 Å². The zero-order chi connectivity index (χ0) is 15.2. The highest BCUT2D eigenvalue weighted by atomic mass is 19.4. The number of hydrogen-bond donors (Lipinski definition) is 1. The predicted octanol–water partition coefficient (Wildman–Crippen LogP) is 4.07. The van der Waals surface area contributed by atoms with Gasteiger partial charge in [0.25, 0.3) is 0 Å². The Hall–Kier alpha value is -1.23. The number of nitrogens with one attached hydrogen (secondary N) is 1. The Morgan fingerprint density at radius 2 is 1.95 bits per heavy atom. The molecule has 0 aliphatic heterocycles. The Labute approximate surface area is 118 Å². The number of alkyl halides is 3. The molecule has 0 radical (unpaired) electrons. The molecule has 1 N–H and O–H groups in total. The summed E-state index contributed by atoms with van der Waals surface area (Å²) in [5.41, 5.74) is 1.96. The highest BCUT2D eigenvalue weighted by molar-refractivity contribution is 5.36. The van der Waals surface area contributed by atoms with Crippen LogP contribution >= 0.6 is 0 Å². The lowest BCUT2D eigenvalue weighted by atomic mass is 10.1. The van der Waals surface area contributed by atoms with E-state index in [2.05, 4.69) is 19.2 Å². The van der Waals surface area contributed by atoms with Crippen LogP contribution in [0.1, 0.15) is 31.4 Å². The van der Waals surface area contributed by atoms with Crippen LogP contribution in [0.5, 0.6) is 5.75 Å². The van der Waals surface area contributed by atoms with Gasteiger partial charge < -0.3 is 10.1 Å². The van der Waals surface area contributed by atoms with Gasteiger partial charge in [0.1, 0.15) is 5.75 Å². The van der Waals surface area contributed by atoms with Crippen LogP contribution in [0.4, 0.5) is 13.2 Å². The van der Waals surface area contributed by atoms with Gasteiger partial charge in [-0.3, -0.25) is 0 Å². The second-order valence-electron chi connectivity index (χ2n) is 5.35. The average Bonchev–Trinajstić information content (AvgIpc) is 2.30. The van der Waals surface area contributed by atoms with Crippen LogP contribution in [0, 0.1) is 12.8 Å². The van der Waals surface area contributed by atoms with Gasteiger partial charge in [0.05, 0.1) is 13.0 Å². The van der Waals surface area contributed by atoms with Gasteiger partial charge in [-0.1, -0.05) is 31.5 Å². The van der Waals surface area contributed by atoms with E-state index in [-0.39, 0.29) is 6.61 Å². The first-order valence-electron chi connectivity index (χ1n) is 6.77. The number of halogens is 3. The molecule has 0 heterocycles. The molecule has 1 aromatic carbocycles. The minimum absolute atomic E-state index is 0.344. The van der Waals surface area contributed by atoms with Crippen molar-refractivity contribution in [1.29, 1.82) is 0 Å². The molecule has 0 amide bonds. The number of benzene rings is 1. The van der Waals surface area contributed by atoms with E-state index in [1.165, 1.54) is 0 Å². The molecule has 0 atom stereocenters. The second-order valence-corrected chi connectivity index (χ2v) is 5.35. The highest BCUT2D eigenvalue weighted by Crippen LogP contribution is 2.23. The molecule has 2 nitrogen and oxygen atoms in total. The Balaban J connectivity index is 2.60. The van der Waals surface area contributed by atoms with Gasteiger partial charge in [0, 0.05) is 12.1 Å². The summed E-state index contributed by atoms with van der Waals surface area (Å²) in [6.45, 7) is 7.26. The van der Waals surface area contributed by atoms with E-state index in [0.29, 0.717) is 18.2 Å². The molecule has 0 fully saturated rings. The number of hydrogen-bond acceptors (Lipinski definition) is 2. The molecule has 0 saturated heterocycles. The number of rotatable bonds is 7. The van der Waals surface area contributed by atoms with Gasteiger partial charge in [-0.05, 0) is 25.5 Å². The standard InChI is InChI=1S/C15H22F3NO/c1-11(2)9-19-10-13-8-12(3)4-5-14(13)20-7-6-15(16,17)18/h4-5,8,11,19H,6-7,9-10H2,1-3H3. The molecule has 1 rings (SSSR count). The largest absolute Gasteiger partial charge is 0.493 e. The Morgan fingerprint density at radius 3 is 2.55 bits per heavy atom. The topological polar surface area (TPSA) is 21.3 Å². The van der Waals surface area contributed by atoms with E-state index in [0.717, 1.165) is 17.7 Å². The van der Waals surface area contributed by atoms with Crippen molar-refractivity contribution in [2.75, 3.05) is 13.2 Å². The van der Waals surface area contributed by atoms with E-state index in [1.807, 2.05) is 19.1 Å². The lowest BCUT2D eigenvalue weighted by molar-refractivity contribution is -0.139. The van der Waals surface area contributed by atoms with Crippen molar-refractivity contribution in [1.82, 2.24) is 5.32 Å². The first-order chi connectivity index (χ1) is 9.28. The van der Waals surface area contributed by atoms with Crippen molar-refractivity contribution < 1.29 is 17.9 Å². The Morgan fingerprint density at radius 1 is 1.25 bits per heavy atom. The molecular formula is C15H22F3NO. The molecule has 1 aromatic rings. The minimum atomic E-state index is -4.18. The van der Waals surface area contributed by atoms with Gasteiger partial charge in [-0.2, -0.15) is 13.2 Å². The van der Waals surface area contributed by atoms with Crippen LogP contribution in [0.25, 0.3) is 0 Å². The van der Waals surface area contributed by atoms with Crippen LogP contribution in [-0.2, 0) is 6.54 Å². The molecule has 0 saturated carbocycles. The number of ether oxygens (including phenoxy) is 1. The first kappa shape index (κ1) is 16.8. The molecule has 114 valence electrons.